The fraction of sp³-hybridized carbons (Fsp3) is 0.185. The molecule has 1 aliphatic rings. The van der Waals surface area contributed by atoms with E-state index in [-0.39, 0.29) is 12.3 Å². The van der Waals surface area contributed by atoms with E-state index in [0.717, 1.165) is 38.1 Å². The number of rotatable bonds is 6. The molecule has 1 aromatic heterocycles. The molecule has 0 fully saturated rings. The molecule has 1 aliphatic heterocycles. The fourth-order valence-electron chi connectivity index (χ4n) is 4.18. The van der Waals surface area contributed by atoms with Crippen molar-refractivity contribution in [1.82, 2.24) is 20.1 Å². The minimum absolute atomic E-state index is 0.0739. The molecule has 8 heteroatoms. The lowest BCUT2D eigenvalue weighted by atomic mass is 10.0. The molecule has 0 saturated heterocycles. The third-order valence-electron chi connectivity index (χ3n) is 5.75. The van der Waals surface area contributed by atoms with E-state index in [1.54, 1.807) is 11.8 Å². The summed E-state index contributed by atoms with van der Waals surface area (Å²) in [6, 6.07) is 23.8. The summed E-state index contributed by atoms with van der Waals surface area (Å²) in [5.41, 5.74) is 3.61. The largest absolute Gasteiger partial charge is 0.356 e. The van der Waals surface area contributed by atoms with Crippen LogP contribution in [0.15, 0.2) is 87.6 Å². The third kappa shape index (κ3) is 4.88. The highest BCUT2D eigenvalue weighted by Gasteiger charge is 2.29. The number of nitrogens with zero attached hydrogens (tertiary/aromatic N) is 4. The van der Waals surface area contributed by atoms with E-state index in [2.05, 4.69) is 45.8 Å². The first-order valence-electron chi connectivity index (χ1n) is 11.4. The highest BCUT2D eigenvalue weighted by atomic mass is 35.5. The zero-order chi connectivity index (χ0) is 24.4. The maximum absolute atomic E-state index is 12.6. The number of carbonyl (C=O) groups is 1. The van der Waals surface area contributed by atoms with Crippen LogP contribution in [0.1, 0.15) is 42.2 Å². The van der Waals surface area contributed by atoms with Gasteiger partial charge in [0.2, 0.25) is 5.91 Å². The van der Waals surface area contributed by atoms with E-state index < -0.39 is 6.04 Å². The minimum Gasteiger partial charge on any atom is -0.356 e. The van der Waals surface area contributed by atoms with E-state index in [1.807, 2.05) is 60.9 Å². The van der Waals surface area contributed by atoms with E-state index in [1.165, 1.54) is 0 Å². The van der Waals surface area contributed by atoms with Gasteiger partial charge in [0.1, 0.15) is 11.9 Å². The minimum atomic E-state index is -0.481. The van der Waals surface area contributed by atoms with Gasteiger partial charge in [0, 0.05) is 32.5 Å². The monoisotopic (exact) mass is 501 g/mol. The molecule has 2 heterocycles. The van der Waals surface area contributed by atoms with Crippen molar-refractivity contribution in [3.05, 3.63) is 101 Å². The molecule has 0 radical (unpaired) electrons. The quantitative estimate of drug-likeness (QED) is 0.362. The number of hydrogen-bond acceptors (Lipinski definition) is 5. The summed E-state index contributed by atoms with van der Waals surface area (Å²) in [7, 11) is 0. The Hall–Kier alpha value is -3.42. The van der Waals surface area contributed by atoms with Crippen LogP contribution in [0.5, 0.6) is 0 Å². The molecule has 4 aromatic rings. The van der Waals surface area contributed by atoms with E-state index in [9.17, 15) is 4.79 Å². The summed E-state index contributed by atoms with van der Waals surface area (Å²) >= 11 is 7.88. The van der Waals surface area contributed by atoms with Crippen LogP contribution in [0.3, 0.4) is 0 Å². The SMILES string of the molecule is CCNC(=O)CC1N=C(c2ccc(Cl)cc2)c2cc(Sc3ccccc3)ccc2-n2c(C)nnc21. The Balaban J connectivity index is 1.69. The normalized spacial score (nSPS) is 14.5. The molecule has 1 amide bonds. The zero-order valence-corrected chi connectivity index (χ0v) is 21.0. The number of aliphatic imine (C=N–C) groups is 1. The summed E-state index contributed by atoms with van der Waals surface area (Å²) in [4.78, 5) is 20.0. The van der Waals surface area contributed by atoms with Gasteiger partial charge in [-0.1, -0.05) is 53.7 Å². The molecule has 6 nitrogen and oxygen atoms in total. The van der Waals surface area contributed by atoms with E-state index >= 15 is 0 Å². The van der Waals surface area contributed by atoms with Crippen LogP contribution in [0, 0.1) is 6.92 Å². The van der Waals surface area contributed by atoms with Gasteiger partial charge in [-0.25, -0.2) is 0 Å². The van der Waals surface area contributed by atoms with Crippen molar-refractivity contribution < 1.29 is 4.79 Å². The smallest absolute Gasteiger partial charge is 0.222 e. The summed E-state index contributed by atoms with van der Waals surface area (Å²) in [5.74, 6) is 1.33. The van der Waals surface area contributed by atoms with Crippen molar-refractivity contribution in [2.45, 2.75) is 36.1 Å². The Labute approximate surface area is 213 Å². The van der Waals surface area contributed by atoms with Gasteiger partial charge in [0.05, 0.1) is 17.8 Å². The van der Waals surface area contributed by atoms with Crippen LogP contribution in [-0.2, 0) is 4.79 Å². The molecule has 1 atom stereocenters. The lowest BCUT2D eigenvalue weighted by Gasteiger charge is -2.14. The second-order valence-electron chi connectivity index (χ2n) is 8.19. The first kappa shape index (κ1) is 23.3. The molecule has 5 rings (SSSR count). The van der Waals surface area contributed by atoms with Gasteiger partial charge < -0.3 is 5.32 Å². The molecule has 1 unspecified atom stereocenters. The van der Waals surface area contributed by atoms with Gasteiger partial charge in [0.15, 0.2) is 5.82 Å². The van der Waals surface area contributed by atoms with Crippen LogP contribution in [0.25, 0.3) is 5.69 Å². The fourth-order valence-corrected chi connectivity index (χ4v) is 5.19. The van der Waals surface area contributed by atoms with Crippen molar-refractivity contribution in [1.29, 1.82) is 0 Å². The number of aromatic nitrogens is 3. The number of fused-ring (bicyclic) bond motifs is 3. The second kappa shape index (κ2) is 10.1. The number of benzene rings is 3. The lowest BCUT2D eigenvalue weighted by molar-refractivity contribution is -0.121. The van der Waals surface area contributed by atoms with Crippen molar-refractivity contribution in [2.75, 3.05) is 6.54 Å². The van der Waals surface area contributed by atoms with Crippen molar-refractivity contribution in [3.8, 4) is 5.69 Å². The molecular weight excluding hydrogens is 478 g/mol. The number of carbonyl (C=O) groups excluding carboxylic acids is 1. The zero-order valence-electron chi connectivity index (χ0n) is 19.4. The standard InChI is InChI=1S/C27H24ClN5OS/c1-3-29-25(34)16-23-27-32-31-17(2)33(27)24-14-13-21(35-20-7-5-4-6-8-20)15-22(24)26(30-23)18-9-11-19(28)12-10-18/h4-15,23H,3,16H2,1-2H3,(H,29,34). The number of hydrogen-bond donors (Lipinski definition) is 1. The number of amides is 1. The molecule has 176 valence electrons. The van der Waals surface area contributed by atoms with Crippen molar-refractivity contribution >= 4 is 35.0 Å². The van der Waals surface area contributed by atoms with Gasteiger partial charge in [-0.3, -0.25) is 14.4 Å². The summed E-state index contributed by atoms with van der Waals surface area (Å²) in [5, 5.41) is 12.3. The lowest BCUT2D eigenvalue weighted by Crippen LogP contribution is -2.25. The average molecular weight is 502 g/mol. The number of nitrogens with one attached hydrogen (secondary N) is 1. The Bertz CT molecular complexity index is 1400. The maximum Gasteiger partial charge on any atom is 0.222 e. The van der Waals surface area contributed by atoms with Crippen LogP contribution < -0.4 is 5.32 Å². The highest BCUT2D eigenvalue weighted by Crippen LogP contribution is 2.36. The number of halogens is 1. The van der Waals surface area contributed by atoms with Gasteiger partial charge in [0.25, 0.3) is 0 Å². The van der Waals surface area contributed by atoms with E-state index in [4.69, 9.17) is 16.6 Å². The summed E-state index contributed by atoms with van der Waals surface area (Å²) < 4.78 is 2.02. The van der Waals surface area contributed by atoms with Gasteiger partial charge >= 0.3 is 0 Å². The Morgan fingerprint density at radius 2 is 1.80 bits per heavy atom. The average Bonchev–Trinajstić information content (AvgIpc) is 3.18. The topological polar surface area (TPSA) is 72.2 Å². The second-order valence-corrected chi connectivity index (χ2v) is 9.78. The van der Waals surface area contributed by atoms with Crippen LogP contribution in [0.4, 0.5) is 0 Å². The highest BCUT2D eigenvalue weighted by molar-refractivity contribution is 7.99. The predicted molar refractivity (Wildman–Crippen MR) is 140 cm³/mol. The van der Waals surface area contributed by atoms with Crippen LogP contribution >= 0.6 is 23.4 Å². The molecule has 0 aliphatic carbocycles. The molecular formula is C27H24ClN5OS. The van der Waals surface area contributed by atoms with Gasteiger partial charge in [-0.2, -0.15) is 0 Å². The third-order valence-corrected chi connectivity index (χ3v) is 7.00. The van der Waals surface area contributed by atoms with Crippen molar-refractivity contribution in [2.24, 2.45) is 4.99 Å². The molecule has 1 N–H and O–H groups in total. The Morgan fingerprint density at radius 3 is 2.54 bits per heavy atom. The van der Waals surface area contributed by atoms with Crippen LogP contribution in [-0.4, -0.2) is 32.9 Å². The molecule has 0 saturated carbocycles. The molecule has 0 bridgehead atoms. The summed E-state index contributed by atoms with van der Waals surface area (Å²) in [6.45, 7) is 4.39. The van der Waals surface area contributed by atoms with Crippen LogP contribution in [0.2, 0.25) is 5.02 Å². The maximum atomic E-state index is 12.6. The molecule has 35 heavy (non-hydrogen) atoms. The Kier molecular flexibility index (Phi) is 6.70. The first-order chi connectivity index (χ1) is 17.0. The van der Waals surface area contributed by atoms with Gasteiger partial charge in [-0.05, 0) is 56.3 Å². The summed E-state index contributed by atoms with van der Waals surface area (Å²) in [6.07, 6.45) is 0.183. The predicted octanol–water partition coefficient (Wildman–Crippen LogP) is 5.80. The van der Waals surface area contributed by atoms with E-state index in [0.29, 0.717) is 17.4 Å². The van der Waals surface area contributed by atoms with Gasteiger partial charge in [-0.15, -0.1) is 10.2 Å². The first-order valence-corrected chi connectivity index (χ1v) is 12.6. The number of aryl methyl sites for hydroxylation is 1. The molecule has 0 spiro atoms. The Morgan fingerprint density at radius 1 is 1.03 bits per heavy atom. The molecule has 3 aromatic carbocycles. The van der Waals surface area contributed by atoms with Crippen molar-refractivity contribution in [3.63, 3.8) is 0 Å².